The highest BCUT2D eigenvalue weighted by atomic mass is 35.5. The Bertz CT molecular complexity index is 554. The predicted molar refractivity (Wildman–Crippen MR) is 65.1 cm³/mol. The average Bonchev–Trinajstić information content (AvgIpc) is 2.34. The number of halogens is 4. The van der Waals surface area contributed by atoms with Gasteiger partial charge in [0.15, 0.2) is 11.6 Å². The van der Waals surface area contributed by atoms with E-state index in [0.29, 0.717) is 11.1 Å². The molecule has 94 valence electrons. The van der Waals surface area contributed by atoms with Crippen molar-refractivity contribution in [2.45, 2.75) is 11.8 Å². The molecule has 0 aromatic heterocycles. The minimum Gasteiger partial charge on any atom is -0.207 e. The Morgan fingerprint density at radius 3 is 2.28 bits per heavy atom. The van der Waals surface area contributed by atoms with Crippen LogP contribution in [0.2, 0.25) is 0 Å². The minimum atomic E-state index is -0.926. The molecule has 0 aliphatic rings. The molecule has 18 heavy (non-hydrogen) atoms. The van der Waals surface area contributed by atoms with Crippen LogP contribution >= 0.6 is 11.6 Å². The van der Waals surface area contributed by atoms with Crippen molar-refractivity contribution in [3.63, 3.8) is 0 Å². The molecule has 0 amide bonds. The lowest BCUT2D eigenvalue weighted by Gasteiger charge is -2.11. The van der Waals surface area contributed by atoms with Gasteiger partial charge >= 0.3 is 0 Å². The summed E-state index contributed by atoms with van der Waals surface area (Å²) in [6.45, 7) is 0. The van der Waals surface area contributed by atoms with Gasteiger partial charge in [0, 0.05) is 5.56 Å². The lowest BCUT2D eigenvalue weighted by Crippen LogP contribution is -1.99. The van der Waals surface area contributed by atoms with E-state index in [1.807, 2.05) is 0 Å². The molecular formula is C14H10ClF3. The molecule has 0 radical (unpaired) electrons. The van der Waals surface area contributed by atoms with Gasteiger partial charge in [-0.3, -0.25) is 0 Å². The molecule has 0 heterocycles. The first-order valence-corrected chi connectivity index (χ1v) is 5.84. The van der Waals surface area contributed by atoms with Gasteiger partial charge < -0.3 is 0 Å². The second-order valence-electron chi connectivity index (χ2n) is 3.94. The molecule has 4 heteroatoms. The first-order chi connectivity index (χ1) is 8.58. The van der Waals surface area contributed by atoms with E-state index in [1.165, 1.54) is 12.1 Å². The van der Waals surface area contributed by atoms with Gasteiger partial charge in [0.25, 0.3) is 0 Å². The number of hydrogen-bond donors (Lipinski definition) is 0. The Labute approximate surface area is 108 Å². The molecule has 1 unspecified atom stereocenters. The number of rotatable bonds is 3. The van der Waals surface area contributed by atoms with Crippen molar-refractivity contribution in [1.82, 2.24) is 0 Å². The summed E-state index contributed by atoms with van der Waals surface area (Å²) in [6, 6.07) is 9.69. The molecule has 0 fully saturated rings. The van der Waals surface area contributed by atoms with Gasteiger partial charge in [0.2, 0.25) is 0 Å². The van der Waals surface area contributed by atoms with E-state index in [0.717, 1.165) is 12.1 Å². The molecule has 0 aliphatic carbocycles. The second-order valence-corrected chi connectivity index (χ2v) is 4.47. The summed E-state index contributed by atoms with van der Waals surface area (Å²) in [5, 5.41) is -0.615. The van der Waals surface area contributed by atoms with Crippen LogP contribution in [0.15, 0.2) is 42.5 Å². The lowest BCUT2D eigenvalue weighted by atomic mass is 10.0. The Morgan fingerprint density at radius 2 is 1.61 bits per heavy atom. The maximum absolute atomic E-state index is 13.5. The SMILES string of the molecule is Fc1ccc(CC(Cl)c2ccccc2F)cc1F. The first kappa shape index (κ1) is 13.0. The fourth-order valence-electron chi connectivity index (χ4n) is 1.71. The minimum absolute atomic E-state index is 0.236. The van der Waals surface area contributed by atoms with Gasteiger partial charge in [0.05, 0.1) is 5.38 Å². The van der Waals surface area contributed by atoms with Crippen LogP contribution in [0.4, 0.5) is 13.2 Å². The third-order valence-corrected chi connectivity index (χ3v) is 3.03. The van der Waals surface area contributed by atoms with Gasteiger partial charge in [-0.1, -0.05) is 24.3 Å². The maximum atomic E-state index is 13.5. The summed E-state index contributed by atoms with van der Waals surface area (Å²) < 4.78 is 39.2. The smallest absolute Gasteiger partial charge is 0.159 e. The van der Waals surface area contributed by atoms with Crippen molar-refractivity contribution in [1.29, 1.82) is 0 Å². The van der Waals surface area contributed by atoms with Gasteiger partial charge in [-0.15, -0.1) is 11.6 Å². The molecule has 0 spiro atoms. The first-order valence-electron chi connectivity index (χ1n) is 5.40. The maximum Gasteiger partial charge on any atom is 0.159 e. The summed E-state index contributed by atoms with van der Waals surface area (Å²) in [6.07, 6.45) is 0.236. The third-order valence-electron chi connectivity index (χ3n) is 2.64. The van der Waals surface area contributed by atoms with E-state index in [-0.39, 0.29) is 6.42 Å². The Kier molecular flexibility index (Phi) is 3.92. The van der Waals surface area contributed by atoms with Gasteiger partial charge in [-0.05, 0) is 30.2 Å². The monoisotopic (exact) mass is 270 g/mol. The highest BCUT2D eigenvalue weighted by molar-refractivity contribution is 6.20. The summed E-state index contributed by atoms with van der Waals surface area (Å²) in [5.74, 6) is -2.24. The number of benzene rings is 2. The molecule has 2 aromatic rings. The zero-order valence-electron chi connectivity index (χ0n) is 9.34. The van der Waals surface area contributed by atoms with Crippen LogP contribution in [0.25, 0.3) is 0 Å². The summed E-state index contributed by atoms with van der Waals surface area (Å²) in [5.41, 5.74) is 0.876. The van der Waals surface area contributed by atoms with Crippen molar-refractivity contribution in [3.8, 4) is 0 Å². The Morgan fingerprint density at radius 1 is 0.889 bits per heavy atom. The molecule has 0 bridgehead atoms. The number of hydrogen-bond acceptors (Lipinski definition) is 0. The molecule has 0 saturated heterocycles. The van der Waals surface area contributed by atoms with Crippen molar-refractivity contribution in [2.24, 2.45) is 0 Å². The Hall–Kier alpha value is -1.48. The van der Waals surface area contributed by atoms with Crippen LogP contribution in [0, 0.1) is 17.5 Å². The van der Waals surface area contributed by atoms with Crippen molar-refractivity contribution < 1.29 is 13.2 Å². The fraction of sp³-hybridized carbons (Fsp3) is 0.143. The third kappa shape index (κ3) is 2.85. The van der Waals surface area contributed by atoms with Crippen LogP contribution in [0.5, 0.6) is 0 Å². The summed E-state index contributed by atoms with van der Waals surface area (Å²) >= 11 is 6.08. The molecule has 2 aromatic carbocycles. The predicted octanol–water partition coefficient (Wildman–Crippen LogP) is 4.63. The fourth-order valence-corrected chi connectivity index (χ4v) is 2.07. The highest BCUT2D eigenvalue weighted by Crippen LogP contribution is 2.27. The molecule has 0 nitrogen and oxygen atoms in total. The zero-order valence-corrected chi connectivity index (χ0v) is 10.1. The van der Waals surface area contributed by atoms with Crippen molar-refractivity contribution in [3.05, 3.63) is 71.0 Å². The molecule has 0 N–H and O–H groups in total. The van der Waals surface area contributed by atoms with Crippen molar-refractivity contribution in [2.75, 3.05) is 0 Å². The molecule has 0 aliphatic heterocycles. The van der Waals surface area contributed by atoms with E-state index in [2.05, 4.69) is 0 Å². The Balaban J connectivity index is 2.19. The topological polar surface area (TPSA) is 0 Å². The van der Waals surface area contributed by atoms with E-state index < -0.39 is 22.8 Å². The lowest BCUT2D eigenvalue weighted by molar-refractivity contribution is 0.507. The molecular weight excluding hydrogens is 261 g/mol. The van der Waals surface area contributed by atoms with Gasteiger partial charge in [-0.25, -0.2) is 13.2 Å². The quantitative estimate of drug-likeness (QED) is 0.714. The standard InChI is InChI=1S/C14H10ClF3/c15-11(10-3-1-2-4-12(10)16)7-9-5-6-13(17)14(18)8-9/h1-6,8,11H,7H2. The van der Waals surface area contributed by atoms with Crippen molar-refractivity contribution >= 4 is 11.6 Å². The highest BCUT2D eigenvalue weighted by Gasteiger charge is 2.14. The van der Waals surface area contributed by atoms with E-state index >= 15 is 0 Å². The molecule has 2 rings (SSSR count). The zero-order chi connectivity index (χ0) is 13.1. The molecule has 1 atom stereocenters. The average molecular weight is 271 g/mol. The summed E-state index contributed by atoms with van der Waals surface area (Å²) in [7, 11) is 0. The second kappa shape index (κ2) is 5.44. The molecule has 0 saturated carbocycles. The largest absolute Gasteiger partial charge is 0.207 e. The van der Waals surface area contributed by atoms with Crippen LogP contribution in [-0.4, -0.2) is 0 Å². The van der Waals surface area contributed by atoms with Crippen LogP contribution in [-0.2, 0) is 6.42 Å². The van der Waals surface area contributed by atoms with Crippen LogP contribution in [0.1, 0.15) is 16.5 Å². The van der Waals surface area contributed by atoms with E-state index in [4.69, 9.17) is 11.6 Å². The van der Waals surface area contributed by atoms with Crippen LogP contribution < -0.4 is 0 Å². The van der Waals surface area contributed by atoms with E-state index in [9.17, 15) is 13.2 Å². The van der Waals surface area contributed by atoms with Gasteiger partial charge in [-0.2, -0.15) is 0 Å². The number of alkyl halides is 1. The van der Waals surface area contributed by atoms with Gasteiger partial charge in [0.1, 0.15) is 5.82 Å². The summed E-state index contributed by atoms with van der Waals surface area (Å²) in [4.78, 5) is 0. The normalized spacial score (nSPS) is 12.4. The van der Waals surface area contributed by atoms with E-state index in [1.54, 1.807) is 18.2 Å². The van der Waals surface area contributed by atoms with Crippen LogP contribution in [0.3, 0.4) is 0 Å².